The lowest BCUT2D eigenvalue weighted by Crippen LogP contribution is -2.25. The number of amides is 1. The minimum absolute atomic E-state index is 0.0697. The van der Waals surface area contributed by atoms with Crippen LogP contribution in [0.25, 0.3) is 5.52 Å². The van der Waals surface area contributed by atoms with E-state index in [1.165, 1.54) is 25.7 Å². The molecule has 2 aromatic rings. The monoisotopic (exact) mass is 301 g/mol. The first-order valence-electron chi connectivity index (χ1n) is 8.08. The lowest BCUT2D eigenvalue weighted by atomic mass is 10.2. The van der Waals surface area contributed by atoms with Crippen molar-refractivity contribution in [2.45, 2.75) is 45.1 Å². The number of nitrogens with one attached hydrogen (secondary N) is 1. The highest BCUT2D eigenvalue weighted by Crippen LogP contribution is 2.20. The highest BCUT2D eigenvalue weighted by Gasteiger charge is 2.15. The van der Waals surface area contributed by atoms with Crippen LogP contribution in [0.2, 0.25) is 0 Å². The van der Waals surface area contributed by atoms with Gasteiger partial charge in [-0.05, 0) is 37.8 Å². The van der Waals surface area contributed by atoms with Crippen molar-refractivity contribution in [3.8, 4) is 0 Å². The first-order valence-corrected chi connectivity index (χ1v) is 8.08. The average molecular weight is 301 g/mol. The SMILES string of the molecule is Cc1ccc2c(C(=O)NCCCOC3CCCC3)cnn2c1. The van der Waals surface area contributed by atoms with Crippen molar-refractivity contribution in [1.82, 2.24) is 14.9 Å². The average Bonchev–Trinajstić information content (AvgIpc) is 3.15. The molecule has 5 nitrogen and oxygen atoms in total. The zero-order chi connectivity index (χ0) is 15.4. The van der Waals surface area contributed by atoms with E-state index in [2.05, 4.69) is 10.4 Å². The number of carbonyl (C=O) groups is 1. The minimum Gasteiger partial charge on any atom is -0.378 e. The van der Waals surface area contributed by atoms with Crippen molar-refractivity contribution in [2.24, 2.45) is 0 Å². The quantitative estimate of drug-likeness (QED) is 0.835. The van der Waals surface area contributed by atoms with Gasteiger partial charge in [0.1, 0.15) is 0 Å². The Morgan fingerprint density at radius 2 is 2.23 bits per heavy atom. The van der Waals surface area contributed by atoms with Crippen LogP contribution in [-0.4, -0.2) is 34.8 Å². The molecule has 3 rings (SSSR count). The van der Waals surface area contributed by atoms with E-state index in [0.29, 0.717) is 18.2 Å². The number of hydrogen-bond acceptors (Lipinski definition) is 3. The summed E-state index contributed by atoms with van der Waals surface area (Å²) in [5.74, 6) is -0.0697. The van der Waals surface area contributed by atoms with Crippen molar-refractivity contribution in [3.05, 3.63) is 35.7 Å². The van der Waals surface area contributed by atoms with E-state index in [1.54, 1.807) is 10.7 Å². The second kappa shape index (κ2) is 6.92. The van der Waals surface area contributed by atoms with Gasteiger partial charge in [0, 0.05) is 19.3 Å². The van der Waals surface area contributed by atoms with E-state index < -0.39 is 0 Å². The van der Waals surface area contributed by atoms with E-state index in [9.17, 15) is 4.79 Å². The molecule has 1 aliphatic rings. The summed E-state index contributed by atoms with van der Waals surface area (Å²) >= 11 is 0. The number of ether oxygens (including phenoxy) is 1. The first-order chi connectivity index (χ1) is 10.7. The van der Waals surface area contributed by atoms with E-state index >= 15 is 0 Å². The molecule has 1 saturated carbocycles. The molecule has 5 heteroatoms. The van der Waals surface area contributed by atoms with Crippen molar-refractivity contribution in [3.63, 3.8) is 0 Å². The van der Waals surface area contributed by atoms with Crippen LogP contribution in [0.4, 0.5) is 0 Å². The van der Waals surface area contributed by atoms with Crippen LogP contribution in [0.15, 0.2) is 24.5 Å². The number of aromatic nitrogens is 2. The Morgan fingerprint density at radius 1 is 1.41 bits per heavy atom. The van der Waals surface area contributed by atoms with Crippen LogP contribution in [0.5, 0.6) is 0 Å². The van der Waals surface area contributed by atoms with Gasteiger partial charge in [0.15, 0.2) is 0 Å². The summed E-state index contributed by atoms with van der Waals surface area (Å²) in [4.78, 5) is 12.2. The molecule has 2 heterocycles. The molecule has 1 aliphatic carbocycles. The summed E-state index contributed by atoms with van der Waals surface area (Å²) < 4.78 is 7.53. The molecule has 1 amide bonds. The summed E-state index contributed by atoms with van der Waals surface area (Å²) in [5, 5.41) is 7.17. The number of hydrogen-bond donors (Lipinski definition) is 1. The molecule has 0 unspecified atom stereocenters. The zero-order valence-corrected chi connectivity index (χ0v) is 13.0. The zero-order valence-electron chi connectivity index (χ0n) is 13.0. The van der Waals surface area contributed by atoms with Crippen molar-refractivity contribution in [2.75, 3.05) is 13.2 Å². The fourth-order valence-corrected chi connectivity index (χ4v) is 2.94. The second-order valence-electron chi connectivity index (χ2n) is 5.98. The van der Waals surface area contributed by atoms with Crippen molar-refractivity contribution >= 4 is 11.4 Å². The van der Waals surface area contributed by atoms with Gasteiger partial charge in [-0.3, -0.25) is 4.79 Å². The maximum atomic E-state index is 12.2. The molecule has 0 aromatic carbocycles. The summed E-state index contributed by atoms with van der Waals surface area (Å²) in [6.45, 7) is 3.36. The van der Waals surface area contributed by atoms with E-state index in [1.807, 2.05) is 25.3 Å². The number of carbonyl (C=O) groups excluding carboxylic acids is 1. The fourth-order valence-electron chi connectivity index (χ4n) is 2.94. The van der Waals surface area contributed by atoms with Gasteiger partial charge in [0.2, 0.25) is 0 Å². The Balaban J connectivity index is 1.46. The molecule has 22 heavy (non-hydrogen) atoms. The van der Waals surface area contributed by atoms with Crippen LogP contribution >= 0.6 is 0 Å². The standard InChI is InChI=1S/C17H23N3O2/c1-13-7-8-16-15(11-19-20(16)12-13)17(21)18-9-4-10-22-14-5-2-3-6-14/h7-8,11-12,14H,2-6,9-10H2,1H3,(H,18,21). The van der Waals surface area contributed by atoms with Gasteiger partial charge in [-0.25, -0.2) is 4.52 Å². The molecule has 0 radical (unpaired) electrons. The molecule has 118 valence electrons. The largest absolute Gasteiger partial charge is 0.378 e. The third-order valence-electron chi connectivity index (χ3n) is 4.17. The molecular weight excluding hydrogens is 278 g/mol. The van der Waals surface area contributed by atoms with Gasteiger partial charge in [-0.15, -0.1) is 0 Å². The Morgan fingerprint density at radius 3 is 3.05 bits per heavy atom. The maximum absolute atomic E-state index is 12.2. The molecule has 0 spiro atoms. The number of nitrogens with zero attached hydrogens (tertiary/aromatic N) is 2. The van der Waals surface area contributed by atoms with E-state index in [0.717, 1.165) is 24.1 Å². The van der Waals surface area contributed by atoms with Gasteiger partial charge in [-0.2, -0.15) is 5.10 Å². The van der Waals surface area contributed by atoms with Gasteiger partial charge >= 0.3 is 0 Å². The van der Waals surface area contributed by atoms with Crippen LogP contribution in [-0.2, 0) is 4.74 Å². The van der Waals surface area contributed by atoms with Gasteiger partial charge in [0.05, 0.1) is 23.4 Å². The summed E-state index contributed by atoms with van der Waals surface area (Å²) in [5.41, 5.74) is 2.58. The number of rotatable bonds is 6. The van der Waals surface area contributed by atoms with Crippen LogP contribution in [0, 0.1) is 6.92 Å². The molecule has 0 bridgehead atoms. The summed E-state index contributed by atoms with van der Waals surface area (Å²) in [6, 6.07) is 3.92. The summed E-state index contributed by atoms with van der Waals surface area (Å²) in [6.07, 6.45) is 9.79. The fraction of sp³-hybridized carbons (Fsp3) is 0.529. The van der Waals surface area contributed by atoms with Gasteiger partial charge < -0.3 is 10.1 Å². The van der Waals surface area contributed by atoms with Crippen molar-refractivity contribution in [1.29, 1.82) is 0 Å². The molecule has 0 saturated heterocycles. The van der Waals surface area contributed by atoms with Crippen LogP contribution < -0.4 is 5.32 Å². The number of aryl methyl sites for hydroxylation is 1. The van der Waals surface area contributed by atoms with Crippen molar-refractivity contribution < 1.29 is 9.53 Å². The Bertz CT molecular complexity index is 644. The highest BCUT2D eigenvalue weighted by molar-refractivity contribution is 6.00. The topological polar surface area (TPSA) is 55.6 Å². The molecular formula is C17H23N3O2. The van der Waals surface area contributed by atoms with Gasteiger partial charge in [0.25, 0.3) is 5.91 Å². The minimum atomic E-state index is -0.0697. The third-order valence-corrected chi connectivity index (χ3v) is 4.17. The number of fused-ring (bicyclic) bond motifs is 1. The predicted octanol–water partition coefficient (Wildman–Crippen LogP) is 2.72. The van der Waals surface area contributed by atoms with E-state index in [-0.39, 0.29) is 5.91 Å². The van der Waals surface area contributed by atoms with Crippen LogP contribution in [0.1, 0.15) is 48.0 Å². The van der Waals surface area contributed by atoms with Gasteiger partial charge in [-0.1, -0.05) is 18.9 Å². The normalized spacial score (nSPS) is 15.5. The molecule has 0 aliphatic heterocycles. The lowest BCUT2D eigenvalue weighted by molar-refractivity contribution is 0.0565. The molecule has 0 atom stereocenters. The predicted molar refractivity (Wildman–Crippen MR) is 85.1 cm³/mol. The first kappa shape index (κ1) is 15.0. The maximum Gasteiger partial charge on any atom is 0.255 e. The Kier molecular flexibility index (Phi) is 4.73. The lowest BCUT2D eigenvalue weighted by Gasteiger charge is -2.11. The highest BCUT2D eigenvalue weighted by atomic mass is 16.5. The van der Waals surface area contributed by atoms with E-state index in [4.69, 9.17) is 4.74 Å². The smallest absolute Gasteiger partial charge is 0.255 e. The second-order valence-corrected chi connectivity index (χ2v) is 5.98. The third kappa shape index (κ3) is 3.47. The molecule has 2 aromatic heterocycles. The molecule has 1 N–H and O–H groups in total. The molecule has 1 fully saturated rings. The number of pyridine rings is 1. The summed E-state index contributed by atoms with van der Waals surface area (Å²) in [7, 11) is 0. The van der Waals surface area contributed by atoms with Crippen LogP contribution in [0.3, 0.4) is 0 Å². The Labute approximate surface area is 130 Å². The Hall–Kier alpha value is -1.88.